The predicted molar refractivity (Wildman–Crippen MR) is 68.8 cm³/mol. The van der Waals surface area contributed by atoms with Crippen LogP contribution in [-0.4, -0.2) is 42.3 Å². The maximum atomic E-state index is 5.69. The van der Waals surface area contributed by atoms with E-state index in [2.05, 4.69) is 12.2 Å². The van der Waals surface area contributed by atoms with Crippen LogP contribution in [0.5, 0.6) is 0 Å². The highest BCUT2D eigenvalue weighted by molar-refractivity contribution is 6.44. The molecule has 0 bridgehead atoms. The Bertz CT molecular complexity index is 194. The molecule has 0 aromatic rings. The van der Waals surface area contributed by atoms with Crippen LogP contribution in [0.25, 0.3) is 0 Å². The van der Waals surface area contributed by atoms with Crippen molar-refractivity contribution in [2.45, 2.75) is 31.9 Å². The lowest BCUT2D eigenvalue weighted by molar-refractivity contribution is 0.0191. The van der Waals surface area contributed by atoms with Crippen LogP contribution in [0.2, 0.25) is 6.04 Å². The SMILES string of the molecule is CO[SiH](CC=CC(C)(C)OCCCN)OC. The lowest BCUT2D eigenvalue weighted by Crippen LogP contribution is -2.23. The molecular weight excluding hydrogens is 222 g/mol. The molecule has 0 unspecified atom stereocenters. The molecule has 0 atom stereocenters. The molecule has 0 amide bonds. The molecule has 16 heavy (non-hydrogen) atoms. The second-order valence-electron chi connectivity index (χ2n) is 4.13. The Morgan fingerprint density at radius 2 is 1.88 bits per heavy atom. The average molecular weight is 247 g/mol. The summed E-state index contributed by atoms with van der Waals surface area (Å²) in [4.78, 5) is 0. The quantitative estimate of drug-likeness (QED) is 0.378. The molecule has 0 saturated heterocycles. The fourth-order valence-electron chi connectivity index (χ4n) is 1.22. The number of hydrogen-bond acceptors (Lipinski definition) is 4. The van der Waals surface area contributed by atoms with E-state index < -0.39 is 9.28 Å². The first-order chi connectivity index (χ1) is 7.55. The molecule has 0 saturated carbocycles. The third-order valence-corrected chi connectivity index (χ3v) is 3.90. The highest BCUT2D eigenvalue weighted by atomic mass is 28.3. The molecular formula is C11H25NO3Si. The van der Waals surface area contributed by atoms with Crippen molar-refractivity contribution < 1.29 is 13.6 Å². The van der Waals surface area contributed by atoms with Gasteiger partial charge in [-0.1, -0.05) is 12.2 Å². The zero-order valence-corrected chi connectivity index (χ0v) is 12.0. The number of allylic oxidation sites excluding steroid dienone is 1. The highest BCUT2D eigenvalue weighted by Crippen LogP contribution is 2.12. The van der Waals surface area contributed by atoms with Crippen molar-refractivity contribution in [2.24, 2.45) is 5.73 Å². The van der Waals surface area contributed by atoms with Crippen molar-refractivity contribution >= 4 is 9.28 Å². The van der Waals surface area contributed by atoms with Crippen molar-refractivity contribution in [3.05, 3.63) is 12.2 Å². The number of hydrogen-bond donors (Lipinski definition) is 1. The summed E-state index contributed by atoms with van der Waals surface area (Å²) in [6.45, 7) is 5.44. The Kier molecular flexibility index (Phi) is 8.78. The van der Waals surface area contributed by atoms with Crippen LogP contribution in [-0.2, 0) is 13.6 Å². The van der Waals surface area contributed by atoms with Crippen LogP contribution in [0.15, 0.2) is 12.2 Å². The van der Waals surface area contributed by atoms with E-state index in [-0.39, 0.29) is 5.60 Å². The Morgan fingerprint density at radius 1 is 1.25 bits per heavy atom. The Morgan fingerprint density at radius 3 is 2.38 bits per heavy atom. The van der Waals surface area contributed by atoms with E-state index in [1.165, 1.54) is 0 Å². The van der Waals surface area contributed by atoms with Gasteiger partial charge in [0.1, 0.15) is 0 Å². The molecule has 0 rings (SSSR count). The largest absolute Gasteiger partial charge is 0.400 e. The van der Waals surface area contributed by atoms with Gasteiger partial charge in [-0.2, -0.15) is 0 Å². The van der Waals surface area contributed by atoms with Crippen LogP contribution < -0.4 is 5.73 Å². The topological polar surface area (TPSA) is 53.7 Å². The predicted octanol–water partition coefficient (Wildman–Crippen LogP) is 1.20. The van der Waals surface area contributed by atoms with E-state index in [4.69, 9.17) is 19.3 Å². The van der Waals surface area contributed by atoms with Crippen molar-refractivity contribution in [3.63, 3.8) is 0 Å². The van der Waals surface area contributed by atoms with Gasteiger partial charge in [0.25, 0.3) is 0 Å². The minimum Gasteiger partial charge on any atom is -0.400 e. The molecule has 2 N–H and O–H groups in total. The lowest BCUT2D eigenvalue weighted by atomic mass is 10.1. The maximum Gasteiger partial charge on any atom is 0.324 e. The number of ether oxygens (including phenoxy) is 1. The maximum absolute atomic E-state index is 5.69. The van der Waals surface area contributed by atoms with E-state index in [1.807, 2.05) is 13.8 Å². The molecule has 0 fully saturated rings. The van der Waals surface area contributed by atoms with Crippen molar-refractivity contribution in [3.8, 4) is 0 Å². The zero-order chi connectivity index (χ0) is 12.4. The molecule has 0 heterocycles. The minimum absolute atomic E-state index is 0.240. The summed E-state index contributed by atoms with van der Waals surface area (Å²) in [7, 11) is 1.91. The molecule has 0 spiro atoms. The molecule has 0 aromatic heterocycles. The van der Waals surface area contributed by atoms with Crippen molar-refractivity contribution in [1.29, 1.82) is 0 Å². The van der Waals surface area contributed by atoms with E-state index in [9.17, 15) is 0 Å². The van der Waals surface area contributed by atoms with Gasteiger partial charge in [-0.3, -0.25) is 0 Å². The van der Waals surface area contributed by atoms with Crippen LogP contribution in [0, 0.1) is 0 Å². The first-order valence-electron chi connectivity index (χ1n) is 5.63. The summed E-state index contributed by atoms with van der Waals surface area (Å²) in [5, 5.41) is 0. The third-order valence-electron chi connectivity index (χ3n) is 2.20. The summed E-state index contributed by atoms with van der Waals surface area (Å²) in [5.41, 5.74) is 5.17. The monoisotopic (exact) mass is 247 g/mol. The second kappa shape index (κ2) is 8.89. The molecule has 0 aromatic carbocycles. The van der Waals surface area contributed by atoms with Gasteiger partial charge in [0.15, 0.2) is 0 Å². The first-order valence-corrected chi connectivity index (χ1v) is 7.39. The minimum atomic E-state index is -1.48. The summed E-state index contributed by atoms with van der Waals surface area (Å²) in [5.74, 6) is 0. The van der Waals surface area contributed by atoms with E-state index >= 15 is 0 Å². The molecule has 0 aliphatic carbocycles. The normalized spacial score (nSPS) is 12.9. The fraction of sp³-hybridized carbons (Fsp3) is 0.818. The molecule has 96 valence electrons. The van der Waals surface area contributed by atoms with Gasteiger partial charge in [0.05, 0.1) is 5.60 Å². The standard InChI is InChI=1S/C11H25NO3Si/c1-11(2,15-9-6-8-12)7-5-10-16(13-3)14-4/h5,7,16H,6,8-10,12H2,1-4H3. The summed E-state index contributed by atoms with van der Waals surface area (Å²) >= 11 is 0. The van der Waals surface area contributed by atoms with Crippen LogP contribution in [0.1, 0.15) is 20.3 Å². The van der Waals surface area contributed by atoms with E-state index in [0.717, 1.165) is 12.5 Å². The average Bonchev–Trinajstić information content (AvgIpc) is 2.24. The Balaban J connectivity index is 3.89. The zero-order valence-electron chi connectivity index (χ0n) is 10.9. The van der Waals surface area contributed by atoms with Crippen LogP contribution in [0.3, 0.4) is 0 Å². The van der Waals surface area contributed by atoms with Crippen molar-refractivity contribution in [1.82, 2.24) is 0 Å². The fourth-order valence-corrected chi connectivity index (χ4v) is 2.15. The van der Waals surface area contributed by atoms with Gasteiger partial charge in [0.2, 0.25) is 0 Å². The smallest absolute Gasteiger partial charge is 0.324 e. The van der Waals surface area contributed by atoms with Gasteiger partial charge in [0, 0.05) is 26.9 Å². The molecule has 4 nitrogen and oxygen atoms in total. The van der Waals surface area contributed by atoms with Crippen LogP contribution >= 0.6 is 0 Å². The van der Waals surface area contributed by atoms with Crippen LogP contribution in [0.4, 0.5) is 0 Å². The molecule has 0 aliphatic heterocycles. The summed E-state index contributed by atoms with van der Waals surface area (Å²) in [6.07, 6.45) is 5.03. The highest BCUT2D eigenvalue weighted by Gasteiger charge is 2.14. The van der Waals surface area contributed by atoms with Gasteiger partial charge >= 0.3 is 9.28 Å². The van der Waals surface area contributed by atoms with Gasteiger partial charge in [-0.15, -0.1) is 0 Å². The number of nitrogens with two attached hydrogens (primary N) is 1. The summed E-state index contributed by atoms with van der Waals surface area (Å²) in [6, 6.07) is 0.858. The molecule has 5 heteroatoms. The number of rotatable bonds is 9. The Hall–Kier alpha value is -0.203. The van der Waals surface area contributed by atoms with Gasteiger partial charge < -0.3 is 19.3 Å². The first kappa shape index (κ1) is 15.8. The van der Waals surface area contributed by atoms with E-state index in [0.29, 0.717) is 13.2 Å². The third kappa shape index (κ3) is 8.01. The van der Waals surface area contributed by atoms with Gasteiger partial charge in [-0.05, 0) is 26.8 Å². The van der Waals surface area contributed by atoms with E-state index in [1.54, 1.807) is 14.2 Å². The molecule has 0 aliphatic rings. The summed E-state index contributed by atoms with van der Waals surface area (Å²) < 4.78 is 16.1. The van der Waals surface area contributed by atoms with Gasteiger partial charge in [-0.25, -0.2) is 0 Å². The molecule has 0 radical (unpaired) electrons. The van der Waals surface area contributed by atoms with Crippen molar-refractivity contribution in [2.75, 3.05) is 27.4 Å². The lowest BCUT2D eigenvalue weighted by Gasteiger charge is -2.21. The second-order valence-corrected chi connectivity index (χ2v) is 6.41. The Labute approximate surface area is 101 Å².